The highest BCUT2D eigenvalue weighted by atomic mass is 16.6. The lowest BCUT2D eigenvalue weighted by atomic mass is 9.63. The van der Waals surface area contributed by atoms with Gasteiger partial charge < -0.3 is 4.90 Å². The number of benzene rings is 2. The lowest BCUT2D eigenvalue weighted by Crippen LogP contribution is -2.44. The first-order valence-corrected chi connectivity index (χ1v) is 12.5. The highest BCUT2D eigenvalue weighted by Gasteiger charge is 2.49. The number of hydrogen-bond acceptors (Lipinski definition) is 5. The molecule has 0 spiro atoms. The quantitative estimate of drug-likeness (QED) is 0.366. The average Bonchev–Trinajstić information content (AvgIpc) is 2.79. The van der Waals surface area contributed by atoms with Gasteiger partial charge in [0.15, 0.2) is 11.6 Å². The van der Waals surface area contributed by atoms with E-state index in [2.05, 4.69) is 44.7 Å². The van der Waals surface area contributed by atoms with Gasteiger partial charge in [-0.3, -0.25) is 19.7 Å². The van der Waals surface area contributed by atoms with Crippen molar-refractivity contribution in [1.29, 1.82) is 0 Å². The van der Waals surface area contributed by atoms with E-state index in [1.165, 1.54) is 12.1 Å². The summed E-state index contributed by atoms with van der Waals surface area (Å²) >= 11 is 0. The fraction of sp³-hybridized carbons (Fsp3) is 0.400. The fourth-order valence-electron chi connectivity index (χ4n) is 6.16. The SMILES string of the molecule is CC1(C)CC(=O)C2=C(C1)N(Cc1ccccc1)C1=C(C(=O)CC(C)(C)C1)C2c1cccc([N+](=O)[O-])c1. The molecule has 5 rings (SSSR count). The van der Waals surface area contributed by atoms with E-state index in [-0.39, 0.29) is 28.1 Å². The van der Waals surface area contributed by atoms with Crippen molar-refractivity contribution >= 4 is 17.3 Å². The molecule has 186 valence electrons. The maximum atomic E-state index is 13.8. The molecule has 0 unspecified atom stereocenters. The Balaban J connectivity index is 1.77. The Bertz CT molecular complexity index is 1280. The van der Waals surface area contributed by atoms with Gasteiger partial charge in [0.1, 0.15) is 0 Å². The van der Waals surface area contributed by atoms with E-state index >= 15 is 0 Å². The standard InChI is InChI=1S/C30H32N2O4/c1-29(2)14-22-27(24(33)16-29)26(20-11-8-12-21(13-20)32(35)36)28-23(15-30(3,4)17-25(28)34)31(22)18-19-9-6-5-7-10-19/h5-13,26H,14-18H2,1-4H3. The van der Waals surface area contributed by atoms with Gasteiger partial charge in [0.2, 0.25) is 0 Å². The zero-order chi connectivity index (χ0) is 25.8. The Morgan fingerprint density at radius 1 is 0.833 bits per heavy atom. The van der Waals surface area contributed by atoms with Crippen LogP contribution in [0.25, 0.3) is 0 Å². The Labute approximate surface area is 211 Å². The molecule has 0 fully saturated rings. The van der Waals surface area contributed by atoms with Crippen LogP contribution in [0.3, 0.4) is 0 Å². The number of rotatable bonds is 4. The minimum atomic E-state index is -0.575. The molecule has 0 radical (unpaired) electrons. The molecule has 0 saturated heterocycles. The molecular formula is C30H32N2O4. The van der Waals surface area contributed by atoms with Gasteiger partial charge in [0.05, 0.1) is 4.92 Å². The molecule has 0 aromatic heterocycles. The third-order valence-corrected chi connectivity index (χ3v) is 7.62. The summed E-state index contributed by atoms with van der Waals surface area (Å²) in [5, 5.41) is 11.6. The monoisotopic (exact) mass is 484 g/mol. The molecule has 36 heavy (non-hydrogen) atoms. The molecule has 2 aromatic rings. The molecule has 3 aliphatic rings. The fourth-order valence-corrected chi connectivity index (χ4v) is 6.16. The van der Waals surface area contributed by atoms with E-state index in [1.54, 1.807) is 6.07 Å². The van der Waals surface area contributed by atoms with Crippen LogP contribution in [0.2, 0.25) is 0 Å². The second-order valence-corrected chi connectivity index (χ2v) is 12.0. The third-order valence-electron chi connectivity index (χ3n) is 7.62. The summed E-state index contributed by atoms with van der Waals surface area (Å²) in [5.74, 6) is -0.519. The lowest BCUT2D eigenvalue weighted by molar-refractivity contribution is -0.384. The number of nitro groups is 1. The first-order valence-electron chi connectivity index (χ1n) is 12.5. The number of allylic oxidation sites excluding steroid dienone is 4. The van der Waals surface area contributed by atoms with Gasteiger partial charge in [0, 0.05) is 60.0 Å². The normalized spacial score (nSPS) is 21.4. The van der Waals surface area contributed by atoms with Crippen molar-refractivity contribution in [3.63, 3.8) is 0 Å². The van der Waals surface area contributed by atoms with Crippen molar-refractivity contribution in [3.8, 4) is 0 Å². The number of carbonyl (C=O) groups is 2. The lowest BCUT2D eigenvalue weighted by Gasteiger charge is -2.49. The molecule has 0 amide bonds. The van der Waals surface area contributed by atoms with Gasteiger partial charge in [-0.2, -0.15) is 0 Å². The van der Waals surface area contributed by atoms with Crippen molar-refractivity contribution in [3.05, 3.63) is 98.4 Å². The molecule has 0 saturated carbocycles. The van der Waals surface area contributed by atoms with E-state index in [9.17, 15) is 19.7 Å². The second kappa shape index (κ2) is 8.54. The van der Waals surface area contributed by atoms with Gasteiger partial charge in [-0.15, -0.1) is 0 Å². The molecule has 0 N–H and O–H groups in total. The number of nitrogens with zero attached hydrogens (tertiary/aromatic N) is 2. The summed E-state index contributed by atoms with van der Waals surface area (Å²) in [4.78, 5) is 41.0. The van der Waals surface area contributed by atoms with Crippen LogP contribution < -0.4 is 0 Å². The summed E-state index contributed by atoms with van der Waals surface area (Å²) in [6, 6.07) is 16.6. The molecule has 1 heterocycles. The smallest absolute Gasteiger partial charge is 0.269 e. The molecule has 1 aliphatic heterocycles. The Kier molecular flexibility index (Phi) is 5.73. The highest BCUT2D eigenvalue weighted by molar-refractivity contribution is 6.06. The molecule has 6 heteroatoms. The van der Waals surface area contributed by atoms with Crippen molar-refractivity contribution in [2.24, 2.45) is 10.8 Å². The van der Waals surface area contributed by atoms with Crippen LogP contribution >= 0.6 is 0 Å². The predicted octanol–water partition coefficient (Wildman–Crippen LogP) is 6.48. The van der Waals surface area contributed by atoms with Gasteiger partial charge in [0.25, 0.3) is 5.69 Å². The minimum absolute atomic E-state index is 0.0278. The van der Waals surface area contributed by atoms with Crippen LogP contribution in [0.1, 0.15) is 70.4 Å². The minimum Gasteiger partial charge on any atom is -0.343 e. The summed E-state index contributed by atoms with van der Waals surface area (Å²) < 4.78 is 0. The molecule has 2 aliphatic carbocycles. The number of hydrogen-bond donors (Lipinski definition) is 0. The summed E-state index contributed by atoms with van der Waals surface area (Å²) in [5.41, 5.74) is 4.48. The molecule has 0 bridgehead atoms. The van der Waals surface area contributed by atoms with Gasteiger partial charge >= 0.3 is 0 Å². The number of non-ortho nitro benzene ring substituents is 1. The first kappa shape index (κ1) is 24.2. The average molecular weight is 485 g/mol. The summed E-state index contributed by atoms with van der Waals surface area (Å²) in [6.45, 7) is 9.01. The van der Waals surface area contributed by atoms with E-state index < -0.39 is 10.8 Å². The van der Waals surface area contributed by atoms with Gasteiger partial charge in [-0.05, 0) is 34.8 Å². The van der Waals surface area contributed by atoms with Crippen LogP contribution in [-0.4, -0.2) is 21.4 Å². The van der Waals surface area contributed by atoms with Gasteiger partial charge in [-0.1, -0.05) is 70.2 Å². The maximum absolute atomic E-state index is 13.8. The van der Waals surface area contributed by atoms with Crippen LogP contribution in [0.5, 0.6) is 0 Å². The zero-order valence-corrected chi connectivity index (χ0v) is 21.3. The first-order chi connectivity index (χ1) is 17.0. The second-order valence-electron chi connectivity index (χ2n) is 12.0. The maximum Gasteiger partial charge on any atom is 0.269 e. The summed E-state index contributed by atoms with van der Waals surface area (Å²) in [7, 11) is 0. The largest absolute Gasteiger partial charge is 0.343 e. The van der Waals surface area contributed by atoms with Gasteiger partial charge in [-0.25, -0.2) is 0 Å². The van der Waals surface area contributed by atoms with E-state index in [1.807, 2.05) is 24.3 Å². The topological polar surface area (TPSA) is 80.5 Å². The summed E-state index contributed by atoms with van der Waals surface area (Å²) in [6.07, 6.45) is 2.19. The van der Waals surface area contributed by atoms with Crippen LogP contribution in [0, 0.1) is 20.9 Å². The number of carbonyl (C=O) groups excluding carboxylic acids is 2. The molecular weight excluding hydrogens is 452 g/mol. The number of nitro benzene ring substituents is 1. The van der Waals surface area contributed by atoms with E-state index in [4.69, 9.17) is 0 Å². The molecule has 0 atom stereocenters. The Morgan fingerprint density at radius 3 is 1.92 bits per heavy atom. The Hall–Kier alpha value is -3.54. The third kappa shape index (κ3) is 4.29. The van der Waals surface area contributed by atoms with Crippen LogP contribution in [0.4, 0.5) is 5.69 Å². The number of ketones is 2. The van der Waals surface area contributed by atoms with Crippen molar-refractivity contribution in [2.75, 3.05) is 0 Å². The zero-order valence-electron chi connectivity index (χ0n) is 21.3. The molecule has 2 aromatic carbocycles. The predicted molar refractivity (Wildman–Crippen MR) is 138 cm³/mol. The van der Waals surface area contributed by atoms with Crippen molar-refractivity contribution in [1.82, 2.24) is 4.90 Å². The van der Waals surface area contributed by atoms with E-state index in [0.29, 0.717) is 48.9 Å². The van der Waals surface area contributed by atoms with Crippen LogP contribution in [-0.2, 0) is 16.1 Å². The van der Waals surface area contributed by atoms with Crippen molar-refractivity contribution in [2.45, 2.75) is 65.8 Å². The van der Waals surface area contributed by atoms with E-state index in [0.717, 1.165) is 17.0 Å². The molecule has 6 nitrogen and oxygen atoms in total. The highest BCUT2D eigenvalue weighted by Crippen LogP contribution is 2.54. The van der Waals surface area contributed by atoms with Crippen molar-refractivity contribution < 1.29 is 14.5 Å². The van der Waals surface area contributed by atoms with Crippen LogP contribution in [0.15, 0.2) is 77.1 Å². The Morgan fingerprint density at radius 2 is 1.39 bits per heavy atom. The number of Topliss-reactive ketones (excluding diaryl/α,β-unsaturated/α-hetero) is 2.